The monoisotopic (exact) mass is 282 g/mol. The van der Waals surface area contributed by atoms with Crippen molar-refractivity contribution in [2.75, 3.05) is 6.79 Å². The summed E-state index contributed by atoms with van der Waals surface area (Å²) < 4.78 is 11.8. The Hall–Kier alpha value is -1.96. The minimum atomic E-state index is 0.271. The van der Waals surface area contributed by atoms with Gasteiger partial charge in [-0.25, -0.2) is 0 Å². The Morgan fingerprint density at radius 1 is 0.810 bits per heavy atom. The normalized spacial score (nSPS) is 13.0. The average molecular weight is 282 g/mol. The number of aryl methyl sites for hydroxylation is 3. The minimum absolute atomic E-state index is 0.271. The topological polar surface area (TPSA) is 18.5 Å². The largest absolute Gasteiger partial charge is 0.457 e. The van der Waals surface area contributed by atoms with Crippen LogP contribution in [-0.4, -0.2) is 6.79 Å². The summed E-state index contributed by atoms with van der Waals surface area (Å²) in [6.45, 7) is 11.0. The van der Waals surface area contributed by atoms with Gasteiger partial charge in [0.2, 0.25) is 6.79 Å². The van der Waals surface area contributed by atoms with E-state index in [0.29, 0.717) is 5.92 Å². The highest BCUT2D eigenvalue weighted by atomic mass is 16.7. The van der Waals surface area contributed by atoms with Gasteiger partial charge in [-0.05, 0) is 61.1 Å². The number of rotatable bonds is 1. The zero-order valence-corrected chi connectivity index (χ0v) is 13.4. The summed E-state index contributed by atoms with van der Waals surface area (Å²) in [6, 6.07) is 8.77. The van der Waals surface area contributed by atoms with E-state index in [-0.39, 0.29) is 6.79 Å². The lowest BCUT2D eigenvalue weighted by atomic mass is 9.91. The van der Waals surface area contributed by atoms with Gasteiger partial charge in [-0.3, -0.25) is 0 Å². The molecule has 1 aliphatic rings. The molecule has 110 valence electrons. The van der Waals surface area contributed by atoms with E-state index in [1.807, 2.05) is 0 Å². The zero-order valence-electron chi connectivity index (χ0n) is 13.4. The van der Waals surface area contributed by atoms with Gasteiger partial charge in [0.25, 0.3) is 0 Å². The molecule has 0 bridgehead atoms. The Labute approximate surface area is 126 Å². The summed E-state index contributed by atoms with van der Waals surface area (Å²) in [5.74, 6) is 2.34. The van der Waals surface area contributed by atoms with Crippen molar-refractivity contribution in [3.05, 3.63) is 46.5 Å². The molecule has 0 aromatic heterocycles. The molecule has 0 amide bonds. The van der Waals surface area contributed by atoms with Crippen LogP contribution in [0.2, 0.25) is 0 Å². The standard InChI is InChI=1S/C19H22O2/c1-11(2)15-7-13(4)9-17-16-8-12(3)6-14(5)18(16)20-10-21-19(15)17/h6-9,11H,10H2,1-5H3. The van der Waals surface area contributed by atoms with Gasteiger partial charge in [-0.1, -0.05) is 26.0 Å². The molecule has 2 nitrogen and oxygen atoms in total. The number of ether oxygens (including phenoxy) is 2. The lowest BCUT2D eigenvalue weighted by Gasteiger charge is -2.16. The summed E-state index contributed by atoms with van der Waals surface area (Å²) in [5, 5.41) is 0. The van der Waals surface area contributed by atoms with Gasteiger partial charge < -0.3 is 9.47 Å². The first-order chi connectivity index (χ1) is 9.97. The van der Waals surface area contributed by atoms with Crippen LogP contribution in [0.15, 0.2) is 24.3 Å². The third-order valence-corrected chi connectivity index (χ3v) is 4.00. The van der Waals surface area contributed by atoms with Gasteiger partial charge in [-0.15, -0.1) is 0 Å². The van der Waals surface area contributed by atoms with E-state index in [0.717, 1.165) is 28.2 Å². The average Bonchev–Trinajstić information content (AvgIpc) is 2.58. The fraction of sp³-hybridized carbons (Fsp3) is 0.368. The first-order valence-electron chi connectivity index (χ1n) is 7.49. The van der Waals surface area contributed by atoms with Crippen LogP contribution in [0.25, 0.3) is 11.1 Å². The van der Waals surface area contributed by atoms with E-state index in [2.05, 4.69) is 58.9 Å². The molecule has 2 aromatic rings. The number of hydrogen-bond donors (Lipinski definition) is 0. The first kappa shape index (κ1) is 14.0. The summed E-state index contributed by atoms with van der Waals surface area (Å²) in [6.07, 6.45) is 0. The van der Waals surface area contributed by atoms with Gasteiger partial charge in [0.15, 0.2) is 0 Å². The van der Waals surface area contributed by atoms with Crippen molar-refractivity contribution < 1.29 is 9.47 Å². The molecule has 21 heavy (non-hydrogen) atoms. The maximum absolute atomic E-state index is 5.95. The molecule has 0 fully saturated rings. The van der Waals surface area contributed by atoms with Crippen molar-refractivity contribution in [3.63, 3.8) is 0 Å². The van der Waals surface area contributed by atoms with Crippen LogP contribution in [0.1, 0.15) is 42.0 Å². The Morgan fingerprint density at radius 2 is 1.38 bits per heavy atom. The SMILES string of the molecule is Cc1cc(C)c2c(c1)-c1cc(C)cc(C(C)C)c1OCO2. The van der Waals surface area contributed by atoms with Gasteiger partial charge in [0.1, 0.15) is 11.5 Å². The molecule has 0 saturated carbocycles. The third-order valence-electron chi connectivity index (χ3n) is 4.00. The van der Waals surface area contributed by atoms with Crippen LogP contribution >= 0.6 is 0 Å². The summed E-state index contributed by atoms with van der Waals surface area (Å²) in [7, 11) is 0. The summed E-state index contributed by atoms with van der Waals surface area (Å²) in [5.41, 5.74) is 7.21. The maximum atomic E-state index is 5.95. The highest BCUT2D eigenvalue weighted by molar-refractivity contribution is 5.80. The Bertz CT molecular complexity index is 699. The fourth-order valence-corrected chi connectivity index (χ4v) is 3.08. The van der Waals surface area contributed by atoms with Crippen LogP contribution in [0, 0.1) is 20.8 Å². The van der Waals surface area contributed by atoms with Crippen LogP contribution in [0.5, 0.6) is 11.5 Å². The molecular weight excluding hydrogens is 260 g/mol. The molecule has 0 unspecified atom stereocenters. The number of hydrogen-bond acceptors (Lipinski definition) is 2. The van der Waals surface area contributed by atoms with Crippen LogP contribution in [0.4, 0.5) is 0 Å². The molecule has 1 heterocycles. The minimum Gasteiger partial charge on any atom is -0.457 e. The molecule has 2 aromatic carbocycles. The quantitative estimate of drug-likeness (QED) is 0.721. The van der Waals surface area contributed by atoms with Gasteiger partial charge in [0, 0.05) is 11.1 Å². The Balaban J connectivity index is 2.34. The van der Waals surface area contributed by atoms with Crippen LogP contribution < -0.4 is 9.47 Å². The summed E-state index contributed by atoms with van der Waals surface area (Å²) >= 11 is 0. The third kappa shape index (κ3) is 2.39. The predicted molar refractivity (Wildman–Crippen MR) is 86.3 cm³/mol. The van der Waals surface area contributed by atoms with E-state index in [4.69, 9.17) is 9.47 Å². The van der Waals surface area contributed by atoms with E-state index in [1.165, 1.54) is 16.7 Å². The van der Waals surface area contributed by atoms with Crippen molar-refractivity contribution in [1.29, 1.82) is 0 Å². The second kappa shape index (κ2) is 5.10. The van der Waals surface area contributed by atoms with Crippen molar-refractivity contribution in [2.45, 2.75) is 40.5 Å². The van der Waals surface area contributed by atoms with Gasteiger partial charge in [0.05, 0.1) is 0 Å². The van der Waals surface area contributed by atoms with Crippen molar-refractivity contribution >= 4 is 0 Å². The second-order valence-electron chi connectivity index (χ2n) is 6.25. The van der Waals surface area contributed by atoms with E-state index < -0.39 is 0 Å². The summed E-state index contributed by atoms with van der Waals surface area (Å²) in [4.78, 5) is 0. The van der Waals surface area contributed by atoms with E-state index in [9.17, 15) is 0 Å². The lowest BCUT2D eigenvalue weighted by Crippen LogP contribution is -2.06. The highest BCUT2D eigenvalue weighted by Gasteiger charge is 2.22. The van der Waals surface area contributed by atoms with Crippen molar-refractivity contribution in [1.82, 2.24) is 0 Å². The molecule has 2 heteroatoms. The Kier molecular flexibility index (Phi) is 3.40. The molecule has 0 radical (unpaired) electrons. The molecule has 0 atom stereocenters. The predicted octanol–water partition coefficient (Wildman–Crippen LogP) is 5.13. The smallest absolute Gasteiger partial charge is 0.230 e. The number of benzene rings is 2. The lowest BCUT2D eigenvalue weighted by molar-refractivity contribution is 0.123. The molecule has 0 aliphatic carbocycles. The first-order valence-corrected chi connectivity index (χ1v) is 7.49. The molecule has 0 N–H and O–H groups in total. The number of fused-ring (bicyclic) bond motifs is 3. The fourth-order valence-electron chi connectivity index (χ4n) is 3.08. The van der Waals surface area contributed by atoms with Gasteiger partial charge in [-0.2, -0.15) is 0 Å². The maximum Gasteiger partial charge on any atom is 0.230 e. The van der Waals surface area contributed by atoms with Crippen molar-refractivity contribution in [2.24, 2.45) is 0 Å². The molecule has 0 spiro atoms. The molecule has 3 rings (SSSR count). The molecular formula is C19H22O2. The van der Waals surface area contributed by atoms with Crippen molar-refractivity contribution in [3.8, 4) is 22.6 Å². The van der Waals surface area contributed by atoms with E-state index >= 15 is 0 Å². The molecule has 1 aliphatic heterocycles. The van der Waals surface area contributed by atoms with Crippen LogP contribution in [0.3, 0.4) is 0 Å². The van der Waals surface area contributed by atoms with Crippen LogP contribution in [-0.2, 0) is 0 Å². The Morgan fingerprint density at radius 3 is 2.05 bits per heavy atom. The highest BCUT2D eigenvalue weighted by Crippen LogP contribution is 2.45. The second-order valence-corrected chi connectivity index (χ2v) is 6.25. The van der Waals surface area contributed by atoms with Gasteiger partial charge >= 0.3 is 0 Å². The zero-order chi connectivity index (χ0) is 15.1. The van der Waals surface area contributed by atoms with E-state index in [1.54, 1.807) is 0 Å². The molecule has 0 saturated heterocycles.